The smallest absolute Gasteiger partial charge is 0.230 e. The zero-order valence-corrected chi connectivity index (χ0v) is 18.6. The van der Waals surface area contributed by atoms with Crippen LogP contribution in [0.25, 0.3) is 0 Å². The molecule has 0 atom stereocenters. The number of thiazole rings is 1. The predicted molar refractivity (Wildman–Crippen MR) is 118 cm³/mol. The summed E-state index contributed by atoms with van der Waals surface area (Å²) >= 11 is 3.14. The number of para-hydroxylation sites is 2. The number of ether oxygens (including phenoxy) is 1. The summed E-state index contributed by atoms with van der Waals surface area (Å²) in [6, 6.07) is 8.06. The van der Waals surface area contributed by atoms with Gasteiger partial charge >= 0.3 is 0 Å². The van der Waals surface area contributed by atoms with E-state index >= 15 is 0 Å². The Morgan fingerprint density at radius 2 is 2.07 bits per heavy atom. The van der Waals surface area contributed by atoms with Crippen molar-refractivity contribution in [3.63, 3.8) is 0 Å². The Morgan fingerprint density at radius 1 is 1.27 bits per heavy atom. The zero-order valence-electron chi connectivity index (χ0n) is 16.9. The second kappa shape index (κ2) is 8.03. The van der Waals surface area contributed by atoms with Crippen LogP contribution in [0.5, 0.6) is 5.75 Å². The van der Waals surface area contributed by atoms with Gasteiger partial charge in [-0.2, -0.15) is 0 Å². The van der Waals surface area contributed by atoms with Crippen molar-refractivity contribution in [3.8, 4) is 5.75 Å². The van der Waals surface area contributed by atoms with Crippen LogP contribution in [0.1, 0.15) is 56.1 Å². The molecule has 0 unspecified atom stereocenters. The first-order valence-electron chi connectivity index (χ1n) is 10.1. The first-order valence-corrected chi connectivity index (χ1v) is 12.0. The SMILES string of the molecule is COc1ccccc1N(C(C)=O)c1nc(CSc2nnc(C3CC3)n2C2CC2)cs1. The Bertz CT molecular complexity index is 1070. The van der Waals surface area contributed by atoms with Gasteiger partial charge in [0.25, 0.3) is 0 Å². The Morgan fingerprint density at radius 3 is 2.77 bits per heavy atom. The molecule has 2 aliphatic carbocycles. The second-order valence-corrected chi connectivity index (χ2v) is 9.43. The minimum Gasteiger partial charge on any atom is -0.495 e. The lowest BCUT2D eigenvalue weighted by molar-refractivity contribution is -0.115. The Hall–Kier alpha value is -2.39. The fourth-order valence-electron chi connectivity index (χ4n) is 3.51. The third-order valence-electron chi connectivity index (χ3n) is 5.27. The Labute approximate surface area is 183 Å². The average molecular weight is 442 g/mol. The Kier molecular flexibility index (Phi) is 5.24. The van der Waals surface area contributed by atoms with Crippen LogP contribution in [-0.2, 0) is 10.5 Å². The minimum absolute atomic E-state index is 0.101. The first-order chi connectivity index (χ1) is 14.7. The van der Waals surface area contributed by atoms with E-state index in [-0.39, 0.29) is 5.91 Å². The number of carbonyl (C=O) groups is 1. The summed E-state index contributed by atoms with van der Waals surface area (Å²) in [5.74, 6) is 3.00. The van der Waals surface area contributed by atoms with E-state index in [9.17, 15) is 4.79 Å². The van der Waals surface area contributed by atoms with Crippen LogP contribution in [0.4, 0.5) is 10.8 Å². The molecular weight excluding hydrogens is 418 g/mol. The molecule has 0 saturated heterocycles. The highest BCUT2D eigenvalue weighted by atomic mass is 32.2. The van der Waals surface area contributed by atoms with Crippen LogP contribution < -0.4 is 9.64 Å². The molecule has 30 heavy (non-hydrogen) atoms. The highest BCUT2D eigenvalue weighted by Crippen LogP contribution is 2.46. The van der Waals surface area contributed by atoms with Gasteiger partial charge in [-0.25, -0.2) is 4.98 Å². The fraction of sp³-hybridized carbons (Fsp3) is 0.429. The molecule has 2 fully saturated rings. The van der Waals surface area contributed by atoms with E-state index in [2.05, 4.69) is 14.8 Å². The molecule has 0 aliphatic heterocycles. The maximum Gasteiger partial charge on any atom is 0.230 e. The summed E-state index contributed by atoms with van der Waals surface area (Å²) in [6.07, 6.45) is 4.90. The number of rotatable bonds is 8. The molecule has 1 amide bonds. The number of carbonyl (C=O) groups excluding carboxylic acids is 1. The summed E-state index contributed by atoms with van der Waals surface area (Å²) in [5.41, 5.74) is 1.63. The van der Waals surface area contributed by atoms with Crippen molar-refractivity contribution in [2.75, 3.05) is 12.0 Å². The van der Waals surface area contributed by atoms with Crippen LogP contribution in [0.15, 0.2) is 34.8 Å². The van der Waals surface area contributed by atoms with Gasteiger partial charge in [0.2, 0.25) is 5.91 Å². The molecule has 7 nitrogen and oxygen atoms in total. The number of anilines is 2. The first kappa shape index (κ1) is 19.6. The number of aromatic nitrogens is 4. The third kappa shape index (κ3) is 3.83. The summed E-state index contributed by atoms with van der Waals surface area (Å²) < 4.78 is 7.79. The number of amides is 1. The molecule has 0 N–H and O–H groups in total. The van der Waals surface area contributed by atoms with Gasteiger partial charge < -0.3 is 9.30 Å². The van der Waals surface area contributed by atoms with Crippen molar-refractivity contribution in [1.82, 2.24) is 19.7 Å². The molecule has 2 saturated carbocycles. The predicted octanol–water partition coefficient (Wildman–Crippen LogP) is 4.93. The van der Waals surface area contributed by atoms with Crippen LogP contribution in [0, 0.1) is 0 Å². The summed E-state index contributed by atoms with van der Waals surface area (Å²) in [5, 5.41) is 12.6. The topological polar surface area (TPSA) is 73.1 Å². The monoisotopic (exact) mass is 441 g/mol. The van der Waals surface area contributed by atoms with E-state index in [0.29, 0.717) is 34.3 Å². The number of hydrogen-bond donors (Lipinski definition) is 0. The molecule has 3 aromatic rings. The van der Waals surface area contributed by atoms with Crippen molar-refractivity contribution in [2.24, 2.45) is 0 Å². The lowest BCUT2D eigenvalue weighted by Gasteiger charge is -2.20. The molecule has 2 aliphatic rings. The van der Waals surface area contributed by atoms with Gasteiger partial charge in [-0.3, -0.25) is 9.69 Å². The minimum atomic E-state index is -0.101. The quantitative estimate of drug-likeness (QED) is 0.462. The van der Waals surface area contributed by atoms with Crippen molar-refractivity contribution < 1.29 is 9.53 Å². The van der Waals surface area contributed by atoms with Crippen LogP contribution in [0.3, 0.4) is 0 Å². The summed E-state index contributed by atoms with van der Waals surface area (Å²) in [6.45, 7) is 1.54. The van der Waals surface area contributed by atoms with Crippen LogP contribution in [0.2, 0.25) is 0 Å². The van der Waals surface area contributed by atoms with Crippen LogP contribution >= 0.6 is 23.1 Å². The van der Waals surface area contributed by atoms with Gasteiger partial charge in [-0.1, -0.05) is 23.9 Å². The van der Waals surface area contributed by atoms with E-state index in [1.165, 1.54) is 37.0 Å². The molecule has 156 valence electrons. The largest absolute Gasteiger partial charge is 0.495 e. The molecule has 2 aromatic heterocycles. The van der Waals surface area contributed by atoms with E-state index in [1.807, 2.05) is 29.6 Å². The number of methoxy groups -OCH3 is 1. The summed E-state index contributed by atoms with van der Waals surface area (Å²) in [4.78, 5) is 18.8. The maximum absolute atomic E-state index is 12.4. The van der Waals surface area contributed by atoms with Crippen molar-refractivity contribution in [2.45, 2.75) is 55.5 Å². The lowest BCUT2D eigenvalue weighted by Crippen LogP contribution is -2.23. The second-order valence-electron chi connectivity index (χ2n) is 7.65. The third-order valence-corrected chi connectivity index (χ3v) is 7.12. The molecule has 0 bridgehead atoms. The van der Waals surface area contributed by atoms with E-state index in [4.69, 9.17) is 9.72 Å². The van der Waals surface area contributed by atoms with Crippen LogP contribution in [-0.4, -0.2) is 32.8 Å². The standard InChI is InChI=1S/C21H23N5O2S2/c1-13(27)25(17-5-3-4-6-18(17)28-2)20-22-15(11-29-20)12-30-21-24-23-19(14-7-8-14)26(21)16-9-10-16/h3-6,11,14,16H,7-10,12H2,1-2H3. The van der Waals surface area contributed by atoms with Gasteiger partial charge in [-0.15, -0.1) is 21.5 Å². The van der Waals surface area contributed by atoms with E-state index in [0.717, 1.165) is 16.7 Å². The molecule has 0 radical (unpaired) electrons. The molecule has 2 heterocycles. The highest BCUT2D eigenvalue weighted by Gasteiger charge is 2.36. The van der Waals surface area contributed by atoms with Crippen molar-refractivity contribution >= 4 is 39.8 Å². The maximum atomic E-state index is 12.4. The lowest BCUT2D eigenvalue weighted by atomic mass is 10.2. The highest BCUT2D eigenvalue weighted by molar-refractivity contribution is 7.98. The number of thioether (sulfide) groups is 1. The normalized spacial score (nSPS) is 15.9. The zero-order chi connectivity index (χ0) is 20.7. The molecular formula is C21H23N5O2S2. The molecule has 1 aromatic carbocycles. The van der Waals surface area contributed by atoms with Crippen molar-refractivity contribution in [3.05, 3.63) is 41.2 Å². The molecule has 9 heteroatoms. The van der Waals surface area contributed by atoms with Gasteiger partial charge in [0.15, 0.2) is 10.3 Å². The fourth-order valence-corrected chi connectivity index (χ4v) is 5.40. The van der Waals surface area contributed by atoms with Gasteiger partial charge in [0.1, 0.15) is 11.6 Å². The van der Waals surface area contributed by atoms with E-state index in [1.54, 1.807) is 30.7 Å². The summed E-state index contributed by atoms with van der Waals surface area (Å²) in [7, 11) is 1.60. The number of nitrogens with zero attached hydrogens (tertiary/aromatic N) is 5. The van der Waals surface area contributed by atoms with Gasteiger partial charge in [0, 0.05) is 30.0 Å². The number of hydrogen-bond acceptors (Lipinski definition) is 7. The van der Waals surface area contributed by atoms with Gasteiger partial charge in [0.05, 0.1) is 18.5 Å². The van der Waals surface area contributed by atoms with Gasteiger partial charge in [-0.05, 0) is 37.8 Å². The van der Waals surface area contributed by atoms with E-state index < -0.39 is 0 Å². The molecule has 0 spiro atoms. The number of benzene rings is 1. The Balaban J connectivity index is 1.35. The molecule has 5 rings (SSSR count). The van der Waals surface area contributed by atoms with Crippen molar-refractivity contribution in [1.29, 1.82) is 0 Å². The average Bonchev–Trinajstić information content (AvgIpc) is 3.68.